The van der Waals surface area contributed by atoms with Crippen molar-refractivity contribution in [1.29, 1.82) is 0 Å². The lowest BCUT2D eigenvalue weighted by Crippen LogP contribution is -2.63. The number of hydrogen-bond acceptors (Lipinski definition) is 22. The number of anilines is 2. The highest BCUT2D eigenvalue weighted by atomic mass is 32.2. The van der Waals surface area contributed by atoms with E-state index in [2.05, 4.69) is 56.0 Å². The first-order valence-corrected chi connectivity index (χ1v) is 32.5. The predicted molar refractivity (Wildman–Crippen MR) is 332 cm³/mol. The number of carbonyl (C=O) groups is 2. The zero-order valence-electron chi connectivity index (χ0n) is 51.5. The molecule has 484 valence electrons. The Balaban J connectivity index is 0.000000140. The van der Waals surface area contributed by atoms with E-state index in [-0.39, 0.29) is 74.8 Å². The van der Waals surface area contributed by atoms with Crippen LogP contribution in [0.4, 0.5) is 17.2 Å². The van der Waals surface area contributed by atoms with E-state index in [1.54, 1.807) is 47.4 Å². The van der Waals surface area contributed by atoms with Crippen LogP contribution < -0.4 is 16.8 Å². The zero-order chi connectivity index (χ0) is 64.6. The molecule has 4 aromatic heterocycles. The van der Waals surface area contributed by atoms with Crippen LogP contribution in [0.2, 0.25) is 0 Å². The molecule has 6 fully saturated rings. The summed E-state index contributed by atoms with van der Waals surface area (Å²) in [6.07, 6.45) is 17.7. The van der Waals surface area contributed by atoms with Crippen LogP contribution in [0.3, 0.4) is 0 Å². The van der Waals surface area contributed by atoms with Crippen LogP contribution in [-0.4, -0.2) is 153 Å². The van der Waals surface area contributed by atoms with Gasteiger partial charge in [-0.25, -0.2) is 28.4 Å². The number of fused-ring (bicyclic) bond motifs is 9. The van der Waals surface area contributed by atoms with Crippen molar-refractivity contribution in [3.05, 3.63) is 119 Å². The van der Waals surface area contributed by atoms with Crippen LogP contribution in [0.15, 0.2) is 107 Å². The van der Waals surface area contributed by atoms with Crippen molar-refractivity contribution in [2.24, 2.45) is 34.3 Å². The number of aromatic amines is 1. The summed E-state index contributed by atoms with van der Waals surface area (Å²) in [7, 11) is -4.15. The van der Waals surface area contributed by atoms with E-state index in [9.17, 15) is 53.7 Å². The molecule has 0 amide bonds. The van der Waals surface area contributed by atoms with Gasteiger partial charge in [0.2, 0.25) is 9.84 Å². The third kappa shape index (κ3) is 12.1. The number of ketones is 2. The van der Waals surface area contributed by atoms with Gasteiger partial charge in [-0.05, 0) is 112 Å². The number of pyridine rings is 1. The SMILES string of the molecule is CC(C)c1ccccc1S(=O)(=O)c1cc(N)c2ncccc2c1[N+](=O)[O-].CCCC1O[C@@H]2CC3C4CCC5=CC(=O)C=CC5(C)C4[C@@H](O)CC3(C)[C@]2(C(=O)CO)O1.C[C@@H](N)Cc1cnc[nH]1.OC[C@H]1O[C@@H](n2cnc3c(NC4CCCC4)ncnc32)[C@@H](O)[C@H]1O. The molecule has 26 heteroatoms. The summed E-state index contributed by atoms with van der Waals surface area (Å²) < 4.78 is 46.4. The number of allylic oxidation sites excluding steroid dienone is 4. The molecule has 25 nitrogen and oxygen atoms in total. The Hall–Kier alpha value is -6.98. The van der Waals surface area contributed by atoms with E-state index in [1.165, 1.54) is 49.9 Å². The fourth-order valence-electron chi connectivity index (χ4n) is 15.3. The van der Waals surface area contributed by atoms with Crippen LogP contribution in [0.1, 0.15) is 129 Å². The predicted octanol–water partition coefficient (Wildman–Crippen LogP) is 6.49. The Bertz CT molecular complexity index is 3760. The summed E-state index contributed by atoms with van der Waals surface area (Å²) in [5.74, 6) is 0.622. The van der Waals surface area contributed by atoms with Crippen molar-refractivity contribution in [3.8, 4) is 0 Å². The second kappa shape index (κ2) is 26.7. The van der Waals surface area contributed by atoms with Gasteiger partial charge in [0, 0.05) is 53.3 Å². The molecule has 5 aliphatic carbocycles. The largest absolute Gasteiger partial charge is 0.397 e. The summed E-state index contributed by atoms with van der Waals surface area (Å²) in [6, 6.07) is 11.2. The topological polar surface area (TPSA) is 390 Å². The monoisotopic (exact) mass is 1260 g/mol. The number of Topliss-reactive ketones (excluding diaryl/α,β-unsaturated/α-hetero) is 1. The molecular formula is C64H83N11O14S. The van der Waals surface area contributed by atoms with E-state index in [4.69, 9.17) is 25.7 Å². The van der Waals surface area contributed by atoms with Crippen LogP contribution >= 0.6 is 0 Å². The molecule has 11 N–H and O–H groups in total. The van der Waals surface area contributed by atoms with Crippen LogP contribution in [-0.2, 0) is 40.1 Å². The van der Waals surface area contributed by atoms with E-state index < -0.39 is 86.0 Å². The average molecular weight is 1260 g/mol. The van der Waals surface area contributed by atoms with Gasteiger partial charge in [0.25, 0.3) is 5.69 Å². The van der Waals surface area contributed by atoms with Gasteiger partial charge in [-0.15, -0.1) is 0 Å². The molecule has 6 heterocycles. The number of nitrogens with two attached hydrogens (primary N) is 2. The number of nitrogen functional groups attached to an aromatic ring is 1. The first-order chi connectivity index (χ1) is 42.9. The molecule has 90 heavy (non-hydrogen) atoms. The van der Waals surface area contributed by atoms with Crippen molar-refractivity contribution in [3.63, 3.8) is 0 Å². The van der Waals surface area contributed by atoms with Crippen molar-refractivity contribution in [2.45, 2.75) is 189 Å². The number of nitro groups is 1. The van der Waals surface area contributed by atoms with E-state index >= 15 is 0 Å². The normalized spacial score (nSPS) is 30.4. The maximum absolute atomic E-state index is 13.3. The average Bonchev–Trinajstić information content (AvgIpc) is 1.50. The smallest absolute Gasteiger partial charge is 0.297 e. The Morgan fingerprint density at radius 1 is 0.989 bits per heavy atom. The van der Waals surface area contributed by atoms with E-state index in [1.807, 2.05) is 26.8 Å². The van der Waals surface area contributed by atoms with E-state index in [0.717, 1.165) is 55.9 Å². The highest BCUT2D eigenvalue weighted by Crippen LogP contribution is 2.70. The molecule has 14 atom stereocenters. The second-order valence-corrected chi connectivity index (χ2v) is 27.4. The summed E-state index contributed by atoms with van der Waals surface area (Å²) >= 11 is 0. The minimum atomic E-state index is -4.15. The molecule has 7 aliphatic rings. The molecule has 0 spiro atoms. The summed E-state index contributed by atoms with van der Waals surface area (Å²) in [6.45, 7) is 11.0. The lowest BCUT2D eigenvalue weighted by molar-refractivity contribution is -0.386. The third-order valence-electron chi connectivity index (χ3n) is 19.5. The van der Waals surface area contributed by atoms with Crippen LogP contribution in [0.5, 0.6) is 0 Å². The molecular weight excluding hydrogens is 1180 g/mol. The fourth-order valence-corrected chi connectivity index (χ4v) is 17.2. The minimum Gasteiger partial charge on any atom is -0.397 e. The lowest BCUT2D eigenvalue weighted by atomic mass is 9.46. The number of H-pyrrole nitrogens is 1. The Morgan fingerprint density at radius 3 is 2.41 bits per heavy atom. The quantitative estimate of drug-likeness (QED) is 0.0319. The number of ether oxygens (including phenoxy) is 3. The molecule has 0 bridgehead atoms. The van der Waals surface area contributed by atoms with Crippen molar-refractivity contribution in [2.75, 3.05) is 24.3 Å². The standard InChI is InChI=1S/C25H34O6.C18H17N3O4S.C15H21N5O4.C6H11N3/c1-4-5-21-30-20-11-17-16-7-6-14-10-15(27)8-9-23(14,2)22(16)18(28)12-24(17,3)25(20,31-21)19(29)13-26;1-11(2)12-6-3-4-8-15(12)26(24,25)16-10-14(19)17-13(7-5-9-20-17)18(16)21(22)23;21-5-9-11(22)12(23)15(24-9)20-7-18-10-13(16-6-17-14(10)20)19-8-3-1-2-4-8;1-5(7)2-6-3-8-4-9-6/h8-10,16-18,20-22,26,28H,4-7,11-13H2,1-3H3;3-11H,19H2,1-2H3;6-9,11-12,15,21-23H,1-5H2,(H,16,17,19);3-5H,2,7H2,1H3,(H,8,9)/t16?,17?,18-,20+,21?,22?,23?,24?,25+;;9-,11+,12+,15-;5-/m0.11/s1. The van der Waals surface area contributed by atoms with Crippen molar-refractivity contribution >= 4 is 60.7 Å². The number of aromatic nitrogens is 7. The number of imidazole rings is 2. The zero-order valence-corrected chi connectivity index (χ0v) is 52.3. The number of aliphatic hydroxyl groups excluding tert-OH is 5. The Morgan fingerprint density at radius 2 is 1.74 bits per heavy atom. The Labute approximate surface area is 521 Å². The maximum Gasteiger partial charge on any atom is 0.297 e. The Kier molecular flexibility index (Phi) is 19.6. The molecule has 0 radical (unpaired) electrons. The minimum absolute atomic E-state index is 0.0125. The third-order valence-corrected chi connectivity index (χ3v) is 21.3. The van der Waals surface area contributed by atoms with Gasteiger partial charge in [-0.3, -0.25) is 29.3 Å². The second-order valence-electron chi connectivity index (χ2n) is 25.5. The van der Waals surface area contributed by atoms with Gasteiger partial charge < -0.3 is 61.5 Å². The molecule has 2 aromatic carbocycles. The van der Waals surface area contributed by atoms with Gasteiger partial charge >= 0.3 is 0 Å². The number of nitrogens with one attached hydrogen (secondary N) is 2. The summed E-state index contributed by atoms with van der Waals surface area (Å²) in [5, 5.41) is 66.0. The molecule has 6 aromatic rings. The number of hydrogen-bond donors (Lipinski definition) is 9. The number of aliphatic hydroxyl groups is 5. The lowest BCUT2D eigenvalue weighted by Gasteiger charge is -2.59. The molecule has 2 aliphatic heterocycles. The number of nitro benzene ring substituents is 1. The van der Waals surface area contributed by atoms with Gasteiger partial charge in [0.15, 0.2) is 51.6 Å². The highest BCUT2D eigenvalue weighted by molar-refractivity contribution is 7.91. The molecule has 4 saturated carbocycles. The van der Waals surface area contributed by atoms with Gasteiger partial charge in [0.1, 0.15) is 36.8 Å². The van der Waals surface area contributed by atoms with Gasteiger partial charge in [-0.1, -0.05) is 83.7 Å². The summed E-state index contributed by atoms with van der Waals surface area (Å²) in [4.78, 5) is 59.6. The van der Waals surface area contributed by atoms with Crippen molar-refractivity contribution in [1.82, 2.24) is 34.5 Å². The molecule has 13 rings (SSSR count). The molecule has 6 unspecified atom stereocenters. The maximum atomic E-state index is 13.3. The number of rotatable bonds is 14. The van der Waals surface area contributed by atoms with Crippen LogP contribution in [0.25, 0.3) is 22.1 Å². The van der Waals surface area contributed by atoms with E-state index in [0.29, 0.717) is 47.8 Å². The first kappa shape index (κ1) is 66.0. The van der Waals surface area contributed by atoms with Gasteiger partial charge in [-0.2, -0.15) is 0 Å². The van der Waals surface area contributed by atoms with Crippen molar-refractivity contribution < 1.29 is 62.7 Å². The molecule has 2 saturated heterocycles. The van der Waals surface area contributed by atoms with Gasteiger partial charge in [0.05, 0.1) is 52.4 Å². The number of benzene rings is 2. The number of carbonyl (C=O) groups excluding carboxylic acids is 2. The highest BCUT2D eigenvalue weighted by Gasteiger charge is 2.75. The van der Waals surface area contributed by atoms with Crippen LogP contribution in [0, 0.1) is 38.7 Å². The number of nitrogens with zero attached hydrogens (tertiary/aromatic N) is 7. The summed E-state index contributed by atoms with van der Waals surface area (Å²) in [5.41, 5.74) is 13.0. The first-order valence-electron chi connectivity index (χ1n) is 31.0. The number of sulfone groups is 1. The fraction of sp³-hybridized carbons (Fsp3) is 0.547.